The molecule has 0 aromatic rings. The third-order valence-corrected chi connectivity index (χ3v) is 7.04. The van der Waals surface area contributed by atoms with E-state index in [9.17, 15) is 9.59 Å². The Labute approximate surface area is 201 Å². The van der Waals surface area contributed by atoms with Crippen molar-refractivity contribution >= 4 is 11.9 Å². The van der Waals surface area contributed by atoms with E-state index in [4.69, 9.17) is 9.47 Å². The van der Waals surface area contributed by atoms with Gasteiger partial charge in [-0.2, -0.15) is 0 Å². The van der Waals surface area contributed by atoms with Gasteiger partial charge in [-0.05, 0) is 87.9 Å². The van der Waals surface area contributed by atoms with Gasteiger partial charge in [-0.3, -0.25) is 4.79 Å². The summed E-state index contributed by atoms with van der Waals surface area (Å²) in [5.41, 5.74) is 1.57. The maximum atomic E-state index is 12.2. The zero-order valence-electron chi connectivity index (χ0n) is 21.4. The second-order valence-corrected chi connectivity index (χ2v) is 10.4. The van der Waals surface area contributed by atoms with Gasteiger partial charge in [-0.25, -0.2) is 4.79 Å². The Morgan fingerprint density at radius 1 is 1.18 bits per heavy atom. The maximum absolute atomic E-state index is 12.2. The molecular weight excluding hydrogens is 412 g/mol. The largest absolute Gasteiger partial charge is 0.466 e. The highest BCUT2D eigenvalue weighted by atomic mass is 16.6. The van der Waals surface area contributed by atoms with Gasteiger partial charge in [0, 0.05) is 12.8 Å². The quantitative estimate of drug-likeness (QED) is 0.143. The highest BCUT2D eigenvalue weighted by molar-refractivity contribution is 5.79. The second kappa shape index (κ2) is 14.3. The van der Waals surface area contributed by atoms with E-state index in [-0.39, 0.29) is 11.9 Å². The molecule has 0 aliphatic heterocycles. The molecular formula is C29H44O4. The summed E-state index contributed by atoms with van der Waals surface area (Å²) < 4.78 is 10.2. The molecule has 0 N–H and O–H groups in total. The molecule has 2 fully saturated rings. The summed E-state index contributed by atoms with van der Waals surface area (Å²) in [5, 5.41) is 0. The van der Waals surface area contributed by atoms with Crippen molar-refractivity contribution in [2.75, 3.05) is 7.11 Å². The third-order valence-electron chi connectivity index (χ3n) is 7.04. The van der Waals surface area contributed by atoms with Crippen molar-refractivity contribution in [1.82, 2.24) is 0 Å². The fraction of sp³-hybridized carbons (Fsp3) is 0.724. The first kappa shape index (κ1) is 27.2. The molecule has 0 aromatic heterocycles. The molecule has 5 atom stereocenters. The van der Waals surface area contributed by atoms with Gasteiger partial charge in [0.1, 0.15) is 0 Å². The normalized spacial score (nSPS) is 25.0. The van der Waals surface area contributed by atoms with Gasteiger partial charge in [0.05, 0.1) is 7.11 Å². The number of carbonyl (C=O) groups is 2. The van der Waals surface area contributed by atoms with Crippen molar-refractivity contribution < 1.29 is 19.1 Å². The van der Waals surface area contributed by atoms with Crippen LogP contribution >= 0.6 is 0 Å². The first-order valence-corrected chi connectivity index (χ1v) is 12.8. The van der Waals surface area contributed by atoms with E-state index in [1.165, 1.54) is 32.8 Å². The van der Waals surface area contributed by atoms with Crippen LogP contribution in [0.4, 0.5) is 0 Å². The predicted octanol–water partition coefficient (Wildman–Crippen LogP) is 6.65. The van der Waals surface area contributed by atoms with Crippen LogP contribution in [-0.4, -0.2) is 25.2 Å². The van der Waals surface area contributed by atoms with Crippen LogP contribution in [0, 0.1) is 41.4 Å². The predicted molar refractivity (Wildman–Crippen MR) is 133 cm³/mol. The van der Waals surface area contributed by atoms with Crippen LogP contribution in [-0.2, 0) is 19.1 Å². The van der Waals surface area contributed by atoms with Crippen LogP contribution in [0.1, 0.15) is 91.9 Å². The number of methoxy groups -OCH3 is 1. The zero-order valence-corrected chi connectivity index (χ0v) is 21.4. The molecule has 2 rings (SSSR count). The molecule has 33 heavy (non-hydrogen) atoms. The minimum Gasteiger partial charge on any atom is -0.466 e. The van der Waals surface area contributed by atoms with Gasteiger partial charge >= 0.3 is 11.9 Å². The lowest BCUT2D eigenvalue weighted by Crippen LogP contribution is -2.29. The molecule has 0 radical (unpaired) electrons. The van der Waals surface area contributed by atoms with Crippen molar-refractivity contribution in [1.29, 1.82) is 0 Å². The molecule has 4 heteroatoms. The molecule has 0 aromatic carbocycles. The van der Waals surface area contributed by atoms with Crippen molar-refractivity contribution in [2.24, 2.45) is 29.6 Å². The van der Waals surface area contributed by atoms with Crippen LogP contribution in [0.3, 0.4) is 0 Å². The van der Waals surface area contributed by atoms with E-state index in [0.717, 1.165) is 43.4 Å². The van der Waals surface area contributed by atoms with Gasteiger partial charge < -0.3 is 9.47 Å². The summed E-state index contributed by atoms with van der Waals surface area (Å²) >= 11 is 0. The number of hydrogen-bond donors (Lipinski definition) is 0. The molecule has 2 aliphatic rings. The molecule has 5 unspecified atom stereocenters. The fourth-order valence-corrected chi connectivity index (χ4v) is 5.25. The van der Waals surface area contributed by atoms with Crippen molar-refractivity contribution in [3.63, 3.8) is 0 Å². The Bertz CT molecular complexity index is 751. The Hall–Kier alpha value is -2.02. The number of rotatable bonds is 12. The highest BCUT2D eigenvalue weighted by Gasteiger charge is 2.39. The van der Waals surface area contributed by atoms with Crippen molar-refractivity contribution in [3.8, 4) is 11.8 Å². The first-order chi connectivity index (χ1) is 15.8. The molecule has 0 amide bonds. The van der Waals surface area contributed by atoms with Crippen LogP contribution in [0.25, 0.3) is 0 Å². The minimum atomic E-state index is -0.789. The van der Waals surface area contributed by atoms with E-state index in [2.05, 4.69) is 37.0 Å². The SMILES string of the molecule is CC#CCC(C)C/C=C/C1CCC2C/C(=C\CCCC(=O)OC(CC(C)C)C(=O)OC)CC12. The molecule has 0 heterocycles. The molecule has 184 valence electrons. The Balaban J connectivity index is 1.72. The van der Waals surface area contributed by atoms with Gasteiger partial charge in [-0.15, -0.1) is 11.8 Å². The second-order valence-electron chi connectivity index (χ2n) is 10.4. The smallest absolute Gasteiger partial charge is 0.347 e. The van der Waals surface area contributed by atoms with Gasteiger partial charge in [0.15, 0.2) is 6.10 Å². The summed E-state index contributed by atoms with van der Waals surface area (Å²) in [6.07, 6.45) is 16.1. The van der Waals surface area contributed by atoms with Crippen LogP contribution < -0.4 is 0 Å². The van der Waals surface area contributed by atoms with Gasteiger partial charge in [-0.1, -0.05) is 44.6 Å². The third kappa shape index (κ3) is 9.40. The zero-order chi connectivity index (χ0) is 24.2. The number of carbonyl (C=O) groups excluding carboxylic acids is 2. The number of fused-ring (bicyclic) bond motifs is 1. The van der Waals surface area contributed by atoms with Crippen molar-refractivity contribution in [3.05, 3.63) is 23.8 Å². The van der Waals surface area contributed by atoms with E-state index < -0.39 is 12.1 Å². The number of allylic oxidation sites excluding steroid dienone is 4. The molecule has 0 bridgehead atoms. The van der Waals surface area contributed by atoms with E-state index in [1.54, 1.807) is 5.57 Å². The summed E-state index contributed by atoms with van der Waals surface area (Å²) in [6.45, 7) is 8.18. The highest BCUT2D eigenvalue weighted by Crippen LogP contribution is 2.50. The van der Waals surface area contributed by atoms with Crippen LogP contribution in [0.15, 0.2) is 23.8 Å². The van der Waals surface area contributed by atoms with E-state index in [1.807, 2.05) is 20.8 Å². The average Bonchev–Trinajstić information content (AvgIpc) is 3.35. The maximum Gasteiger partial charge on any atom is 0.347 e. The number of ether oxygens (including phenoxy) is 2. The van der Waals surface area contributed by atoms with Gasteiger partial charge in [0.2, 0.25) is 0 Å². The standard InChI is InChI=1S/C29H44O4/c1-6-7-11-22(4)12-10-14-24-16-17-25-19-23(20-26(24)25)13-8-9-15-28(30)33-27(18-21(2)3)29(31)32-5/h10,13-14,21-22,24-27H,8-9,11-12,15-20H2,1-5H3/b14-10+,23-13+. The topological polar surface area (TPSA) is 52.6 Å². The number of hydrogen-bond acceptors (Lipinski definition) is 4. The minimum absolute atomic E-state index is 0.255. The summed E-state index contributed by atoms with van der Waals surface area (Å²) in [5.74, 6) is 8.62. The molecule has 0 saturated heterocycles. The molecule has 4 nitrogen and oxygen atoms in total. The summed E-state index contributed by atoms with van der Waals surface area (Å²) in [6, 6.07) is 0. The van der Waals surface area contributed by atoms with E-state index in [0.29, 0.717) is 18.8 Å². The van der Waals surface area contributed by atoms with Crippen LogP contribution in [0.2, 0.25) is 0 Å². The average molecular weight is 457 g/mol. The lowest BCUT2D eigenvalue weighted by molar-refractivity contribution is -0.167. The lowest BCUT2D eigenvalue weighted by Gasteiger charge is -2.17. The number of unbranched alkanes of at least 4 members (excludes halogenated alkanes) is 1. The van der Waals surface area contributed by atoms with Crippen molar-refractivity contribution in [2.45, 2.75) is 98.0 Å². The molecule has 2 aliphatic carbocycles. The number of esters is 2. The van der Waals surface area contributed by atoms with Crippen LogP contribution in [0.5, 0.6) is 0 Å². The summed E-state index contributed by atoms with van der Waals surface area (Å²) in [7, 11) is 1.33. The Morgan fingerprint density at radius 3 is 2.67 bits per heavy atom. The molecule has 2 saturated carbocycles. The lowest BCUT2D eigenvalue weighted by atomic mass is 9.91. The Kier molecular flexibility index (Phi) is 11.8. The van der Waals surface area contributed by atoms with E-state index >= 15 is 0 Å². The molecule has 0 spiro atoms. The first-order valence-electron chi connectivity index (χ1n) is 12.8. The fourth-order valence-electron chi connectivity index (χ4n) is 5.25. The summed E-state index contributed by atoms with van der Waals surface area (Å²) in [4.78, 5) is 24.0. The van der Waals surface area contributed by atoms with Gasteiger partial charge in [0.25, 0.3) is 0 Å². The Morgan fingerprint density at radius 2 is 1.97 bits per heavy atom. The monoisotopic (exact) mass is 456 g/mol.